The van der Waals surface area contributed by atoms with Crippen molar-refractivity contribution in [1.29, 1.82) is 0 Å². The van der Waals surface area contributed by atoms with Crippen LogP contribution in [0.25, 0.3) is 11.3 Å². The molecule has 0 saturated carbocycles. The highest BCUT2D eigenvalue weighted by Crippen LogP contribution is 2.28. The molecule has 1 unspecified atom stereocenters. The van der Waals surface area contributed by atoms with Crippen LogP contribution < -0.4 is 4.90 Å². The second kappa shape index (κ2) is 8.10. The molecule has 1 aliphatic heterocycles. The van der Waals surface area contributed by atoms with Gasteiger partial charge in [0.05, 0.1) is 11.8 Å². The summed E-state index contributed by atoms with van der Waals surface area (Å²) >= 11 is 1.72. The van der Waals surface area contributed by atoms with Gasteiger partial charge < -0.3 is 14.9 Å². The molecule has 5 heteroatoms. The average molecular weight is 346 g/mol. The molecule has 2 aromatic rings. The predicted molar refractivity (Wildman–Crippen MR) is 102 cm³/mol. The third kappa shape index (κ3) is 4.56. The van der Waals surface area contributed by atoms with Crippen molar-refractivity contribution in [3.8, 4) is 11.3 Å². The number of thiazole rings is 1. The van der Waals surface area contributed by atoms with Gasteiger partial charge in [0.2, 0.25) is 0 Å². The molecule has 24 heavy (non-hydrogen) atoms. The van der Waals surface area contributed by atoms with E-state index < -0.39 is 0 Å². The number of β-amino-alcohol motifs (C(OH)–C–C–N with tert-alkyl or cyclic N) is 1. The number of aromatic nitrogens is 1. The number of aliphatic hydroxyl groups is 1. The number of nitrogens with zero attached hydrogens (tertiary/aromatic N) is 3. The van der Waals surface area contributed by atoms with E-state index in [2.05, 4.69) is 46.5 Å². The first-order valence-electron chi connectivity index (χ1n) is 8.74. The molecule has 1 aromatic carbocycles. The van der Waals surface area contributed by atoms with Gasteiger partial charge in [0.1, 0.15) is 0 Å². The van der Waals surface area contributed by atoms with E-state index in [1.165, 1.54) is 18.4 Å². The minimum absolute atomic E-state index is 0.226. The lowest BCUT2D eigenvalue weighted by Gasteiger charge is -2.34. The number of aliphatic hydroxyl groups excluding tert-OH is 1. The third-order valence-electron chi connectivity index (χ3n) is 4.65. The summed E-state index contributed by atoms with van der Waals surface area (Å²) in [6.45, 7) is 5.92. The van der Waals surface area contributed by atoms with Crippen LogP contribution in [0.2, 0.25) is 0 Å². The highest BCUT2D eigenvalue weighted by Gasteiger charge is 2.22. The summed E-state index contributed by atoms with van der Waals surface area (Å²) in [6.07, 6.45) is 2.18. The first-order valence-corrected chi connectivity index (χ1v) is 9.62. The molecule has 4 nitrogen and oxygen atoms in total. The maximum absolute atomic E-state index is 9.50. The van der Waals surface area contributed by atoms with E-state index >= 15 is 0 Å². The fraction of sp³-hybridized carbons (Fsp3) is 0.526. The molecule has 1 atom stereocenters. The van der Waals surface area contributed by atoms with Crippen LogP contribution >= 0.6 is 11.3 Å². The molecule has 0 radical (unpaired) electrons. The lowest BCUT2D eigenvalue weighted by atomic mass is 9.96. The van der Waals surface area contributed by atoms with Crippen LogP contribution in [-0.4, -0.2) is 54.3 Å². The normalized spacial score (nSPS) is 17.8. The summed E-state index contributed by atoms with van der Waals surface area (Å²) in [6, 6.07) is 10.4. The molecule has 130 valence electrons. The van der Waals surface area contributed by atoms with Gasteiger partial charge in [-0.2, -0.15) is 0 Å². The summed E-state index contributed by atoms with van der Waals surface area (Å²) in [5.41, 5.74) is 2.24. The zero-order valence-corrected chi connectivity index (χ0v) is 15.4. The molecule has 1 aliphatic rings. The van der Waals surface area contributed by atoms with Gasteiger partial charge in [-0.15, -0.1) is 11.3 Å². The van der Waals surface area contributed by atoms with Crippen molar-refractivity contribution in [2.75, 3.05) is 38.1 Å². The molecule has 3 rings (SSSR count). The van der Waals surface area contributed by atoms with Crippen LogP contribution in [0.3, 0.4) is 0 Å². The lowest BCUT2D eigenvalue weighted by molar-refractivity contribution is 0.101. The number of likely N-dealkylation sites (tertiary alicyclic amines) is 1. The van der Waals surface area contributed by atoms with Crippen molar-refractivity contribution < 1.29 is 5.11 Å². The Labute approximate surface area is 148 Å². The Balaban J connectivity index is 1.53. The summed E-state index contributed by atoms with van der Waals surface area (Å²) in [5, 5.41) is 12.7. The van der Waals surface area contributed by atoms with Crippen molar-refractivity contribution in [1.82, 2.24) is 9.88 Å². The van der Waals surface area contributed by atoms with Crippen molar-refractivity contribution in [3.05, 3.63) is 35.7 Å². The van der Waals surface area contributed by atoms with Gasteiger partial charge in [-0.3, -0.25) is 0 Å². The minimum Gasteiger partial charge on any atom is -0.392 e. The van der Waals surface area contributed by atoms with Crippen molar-refractivity contribution in [3.63, 3.8) is 0 Å². The van der Waals surface area contributed by atoms with Crippen LogP contribution in [0.1, 0.15) is 19.8 Å². The second-order valence-corrected chi connectivity index (χ2v) is 7.69. The molecule has 1 aromatic heterocycles. The van der Waals surface area contributed by atoms with E-state index in [1.807, 2.05) is 13.0 Å². The molecular formula is C19H27N3OS. The first kappa shape index (κ1) is 17.4. The topological polar surface area (TPSA) is 39.6 Å². The molecule has 2 heterocycles. The van der Waals surface area contributed by atoms with Crippen LogP contribution in [0.15, 0.2) is 35.7 Å². The van der Waals surface area contributed by atoms with E-state index in [0.29, 0.717) is 5.92 Å². The largest absolute Gasteiger partial charge is 0.392 e. The second-order valence-electron chi connectivity index (χ2n) is 6.85. The Morgan fingerprint density at radius 1 is 1.29 bits per heavy atom. The fourth-order valence-corrected chi connectivity index (χ4v) is 4.18. The van der Waals surface area contributed by atoms with Crippen molar-refractivity contribution in [2.45, 2.75) is 25.9 Å². The van der Waals surface area contributed by atoms with Gasteiger partial charge in [0.15, 0.2) is 5.13 Å². The van der Waals surface area contributed by atoms with Crippen molar-refractivity contribution in [2.24, 2.45) is 5.92 Å². The summed E-state index contributed by atoms with van der Waals surface area (Å²) in [5.74, 6) is 0.712. The SMILES string of the molecule is CC(O)CN1CCC(CN(C)c2nc(-c3ccccc3)cs2)CC1. The highest BCUT2D eigenvalue weighted by atomic mass is 32.1. The number of hydrogen-bond donors (Lipinski definition) is 1. The number of anilines is 1. The molecule has 1 saturated heterocycles. The minimum atomic E-state index is -0.226. The zero-order chi connectivity index (χ0) is 16.9. The van der Waals surface area contributed by atoms with Gasteiger partial charge >= 0.3 is 0 Å². The van der Waals surface area contributed by atoms with Gasteiger partial charge in [-0.05, 0) is 38.8 Å². The molecule has 0 spiro atoms. The quantitative estimate of drug-likeness (QED) is 0.872. The lowest BCUT2D eigenvalue weighted by Crippen LogP contribution is -2.40. The van der Waals surface area contributed by atoms with Crippen molar-refractivity contribution >= 4 is 16.5 Å². The number of rotatable bonds is 6. The van der Waals surface area contributed by atoms with E-state index in [0.717, 1.165) is 37.0 Å². The molecule has 0 aliphatic carbocycles. The van der Waals surface area contributed by atoms with Crippen LogP contribution in [0.4, 0.5) is 5.13 Å². The summed E-state index contributed by atoms with van der Waals surface area (Å²) < 4.78 is 0. The first-order chi connectivity index (χ1) is 11.6. The van der Waals surface area contributed by atoms with Gasteiger partial charge in [0.25, 0.3) is 0 Å². The molecular weight excluding hydrogens is 318 g/mol. The summed E-state index contributed by atoms with van der Waals surface area (Å²) in [4.78, 5) is 9.47. The smallest absolute Gasteiger partial charge is 0.185 e. The zero-order valence-electron chi connectivity index (χ0n) is 14.6. The Morgan fingerprint density at radius 3 is 2.67 bits per heavy atom. The highest BCUT2D eigenvalue weighted by molar-refractivity contribution is 7.14. The molecule has 0 bridgehead atoms. The number of hydrogen-bond acceptors (Lipinski definition) is 5. The van der Waals surface area contributed by atoms with Gasteiger partial charge in [-0.1, -0.05) is 30.3 Å². The van der Waals surface area contributed by atoms with E-state index in [-0.39, 0.29) is 6.10 Å². The maximum atomic E-state index is 9.50. The van der Waals surface area contributed by atoms with E-state index in [9.17, 15) is 5.11 Å². The van der Waals surface area contributed by atoms with Gasteiger partial charge in [0, 0.05) is 31.1 Å². The van der Waals surface area contributed by atoms with Crippen LogP contribution in [-0.2, 0) is 0 Å². The fourth-order valence-electron chi connectivity index (χ4n) is 3.37. The molecule has 1 fully saturated rings. The standard InChI is InChI=1S/C19H27N3OS/c1-15(23)12-22-10-8-16(9-11-22)13-21(2)19-20-18(14-24-19)17-6-4-3-5-7-17/h3-7,14-16,23H,8-13H2,1-2H3. The number of piperidine rings is 1. The monoisotopic (exact) mass is 345 g/mol. The Morgan fingerprint density at radius 2 is 2.00 bits per heavy atom. The third-order valence-corrected chi connectivity index (χ3v) is 5.60. The Hall–Kier alpha value is -1.43. The van der Waals surface area contributed by atoms with Crippen LogP contribution in [0, 0.1) is 5.92 Å². The molecule has 0 amide bonds. The number of benzene rings is 1. The van der Waals surface area contributed by atoms with E-state index in [1.54, 1.807) is 11.3 Å². The Bertz CT molecular complexity index is 621. The van der Waals surface area contributed by atoms with E-state index in [4.69, 9.17) is 4.98 Å². The maximum Gasteiger partial charge on any atom is 0.185 e. The molecule has 1 N–H and O–H groups in total. The average Bonchev–Trinajstić information content (AvgIpc) is 3.07. The predicted octanol–water partition coefficient (Wildman–Crippen LogP) is 3.34. The summed E-state index contributed by atoms with van der Waals surface area (Å²) in [7, 11) is 2.15. The van der Waals surface area contributed by atoms with Crippen LogP contribution in [0.5, 0.6) is 0 Å². The Kier molecular flexibility index (Phi) is 5.87. The van der Waals surface area contributed by atoms with Gasteiger partial charge in [-0.25, -0.2) is 4.98 Å².